The Labute approximate surface area is 118 Å². The molecule has 106 valence electrons. The lowest BCUT2D eigenvalue weighted by Crippen LogP contribution is -2.40. The van der Waals surface area contributed by atoms with Crippen LogP contribution in [0, 0.1) is 0 Å². The van der Waals surface area contributed by atoms with Gasteiger partial charge in [0.1, 0.15) is 12.4 Å². The van der Waals surface area contributed by atoms with E-state index in [0.717, 1.165) is 5.56 Å². The highest BCUT2D eigenvalue weighted by atomic mass is 16.6. The Bertz CT molecular complexity index is 574. The Morgan fingerprint density at radius 2 is 2.20 bits per heavy atom. The van der Waals surface area contributed by atoms with Crippen LogP contribution in [-0.2, 0) is 19.7 Å². The van der Waals surface area contributed by atoms with Crippen LogP contribution in [0.3, 0.4) is 0 Å². The lowest BCUT2D eigenvalue weighted by Gasteiger charge is -2.18. The first-order valence-electron chi connectivity index (χ1n) is 6.56. The second-order valence-electron chi connectivity index (χ2n) is 5.31. The molecule has 0 bridgehead atoms. The average Bonchev–Trinajstić information content (AvgIpc) is 2.68. The molecule has 0 aliphatic carbocycles. The summed E-state index contributed by atoms with van der Waals surface area (Å²) >= 11 is 0. The van der Waals surface area contributed by atoms with Crippen molar-refractivity contribution < 1.29 is 19.1 Å². The summed E-state index contributed by atoms with van der Waals surface area (Å²) in [4.78, 5) is 24.2. The smallest absolute Gasteiger partial charge is 0.333 e. The molecule has 0 saturated carbocycles. The van der Waals surface area contributed by atoms with Crippen molar-refractivity contribution in [2.75, 3.05) is 6.61 Å². The number of ether oxygens (including phenoxy) is 2. The maximum absolute atomic E-state index is 12.1. The second kappa shape index (κ2) is 5.12. The fourth-order valence-corrected chi connectivity index (χ4v) is 2.18. The maximum Gasteiger partial charge on any atom is 0.333 e. The first kappa shape index (κ1) is 14.3. The number of benzene rings is 1. The first-order chi connectivity index (χ1) is 9.41. The van der Waals surface area contributed by atoms with E-state index in [4.69, 9.17) is 9.47 Å². The van der Waals surface area contributed by atoms with Crippen LogP contribution in [0.5, 0.6) is 5.75 Å². The number of carbonyl (C=O) groups excluding carboxylic acids is 2. The minimum absolute atomic E-state index is 0.0705. The summed E-state index contributed by atoms with van der Waals surface area (Å²) in [6, 6.07) is 5.49. The molecular formula is C16H18O4. The van der Waals surface area contributed by atoms with E-state index >= 15 is 0 Å². The highest BCUT2D eigenvalue weighted by Gasteiger charge is 2.52. The zero-order valence-corrected chi connectivity index (χ0v) is 11.9. The molecule has 0 aromatic heterocycles. The van der Waals surface area contributed by atoms with Gasteiger partial charge in [-0.2, -0.15) is 0 Å². The summed E-state index contributed by atoms with van der Waals surface area (Å²) in [7, 11) is 0. The topological polar surface area (TPSA) is 52.6 Å². The molecular weight excluding hydrogens is 256 g/mol. The summed E-state index contributed by atoms with van der Waals surface area (Å²) < 4.78 is 10.3. The van der Waals surface area contributed by atoms with E-state index in [2.05, 4.69) is 20.4 Å². The van der Waals surface area contributed by atoms with Crippen LogP contribution in [-0.4, -0.2) is 18.5 Å². The molecule has 20 heavy (non-hydrogen) atoms. The van der Waals surface area contributed by atoms with Crippen molar-refractivity contribution in [2.45, 2.75) is 32.1 Å². The van der Waals surface area contributed by atoms with E-state index in [-0.39, 0.29) is 6.61 Å². The van der Waals surface area contributed by atoms with E-state index in [9.17, 15) is 9.59 Å². The zero-order chi connectivity index (χ0) is 14.9. The van der Waals surface area contributed by atoms with Crippen molar-refractivity contribution in [3.63, 3.8) is 0 Å². The molecule has 0 radical (unpaired) electrons. The van der Waals surface area contributed by atoms with Crippen LogP contribution in [0.1, 0.15) is 37.8 Å². The van der Waals surface area contributed by atoms with Gasteiger partial charge in [0, 0.05) is 5.56 Å². The number of fused-ring (bicyclic) bond motifs is 1. The Kier molecular flexibility index (Phi) is 3.66. The van der Waals surface area contributed by atoms with Gasteiger partial charge in [-0.3, -0.25) is 9.59 Å². The summed E-state index contributed by atoms with van der Waals surface area (Å²) in [6.45, 7) is 9.19. The number of hydrogen-bond donors (Lipinski definition) is 0. The predicted molar refractivity (Wildman–Crippen MR) is 74.7 cm³/mol. The maximum atomic E-state index is 12.1. The summed E-state index contributed by atoms with van der Waals surface area (Å²) in [5, 5.41) is 0. The van der Waals surface area contributed by atoms with Gasteiger partial charge in [-0.15, -0.1) is 0 Å². The molecule has 1 aliphatic rings. The van der Waals surface area contributed by atoms with Gasteiger partial charge in [0.15, 0.2) is 5.41 Å². The van der Waals surface area contributed by atoms with E-state index in [1.807, 2.05) is 12.1 Å². The van der Waals surface area contributed by atoms with E-state index in [1.54, 1.807) is 6.07 Å². The van der Waals surface area contributed by atoms with Gasteiger partial charge in [-0.05, 0) is 24.5 Å². The van der Waals surface area contributed by atoms with Crippen LogP contribution in [0.2, 0.25) is 0 Å². The molecule has 1 aliphatic heterocycles. The van der Waals surface area contributed by atoms with E-state index in [0.29, 0.717) is 17.2 Å². The van der Waals surface area contributed by atoms with Gasteiger partial charge >= 0.3 is 11.9 Å². The van der Waals surface area contributed by atoms with Crippen LogP contribution in [0.15, 0.2) is 30.9 Å². The molecule has 4 heteroatoms. The van der Waals surface area contributed by atoms with Crippen LogP contribution >= 0.6 is 0 Å². The van der Waals surface area contributed by atoms with Crippen LogP contribution in [0.25, 0.3) is 0 Å². The fourth-order valence-electron chi connectivity index (χ4n) is 2.18. The molecule has 2 rings (SSSR count). The van der Waals surface area contributed by atoms with E-state index in [1.165, 1.54) is 13.0 Å². The van der Waals surface area contributed by atoms with Gasteiger partial charge in [0.2, 0.25) is 0 Å². The van der Waals surface area contributed by atoms with Crippen molar-refractivity contribution in [3.8, 4) is 5.75 Å². The van der Waals surface area contributed by atoms with Gasteiger partial charge < -0.3 is 9.47 Å². The molecule has 0 amide bonds. The Balaban J connectivity index is 2.42. The molecule has 1 atom stereocenters. The quantitative estimate of drug-likeness (QED) is 0.366. The second-order valence-corrected chi connectivity index (χ2v) is 5.31. The van der Waals surface area contributed by atoms with Crippen molar-refractivity contribution in [2.24, 2.45) is 0 Å². The summed E-state index contributed by atoms with van der Waals surface area (Å²) in [6.07, 6.45) is 1.46. The summed E-state index contributed by atoms with van der Waals surface area (Å²) in [5.41, 5.74) is 0.217. The third-order valence-corrected chi connectivity index (χ3v) is 3.56. The minimum atomic E-state index is -1.39. The van der Waals surface area contributed by atoms with Crippen LogP contribution in [0.4, 0.5) is 0 Å². The number of rotatable bonds is 4. The highest BCUT2D eigenvalue weighted by molar-refractivity contribution is 6.09. The largest absolute Gasteiger partial charge is 0.460 e. The predicted octanol–water partition coefficient (Wildman–Crippen LogP) is 2.72. The van der Waals surface area contributed by atoms with Crippen LogP contribution < -0.4 is 4.74 Å². The van der Waals surface area contributed by atoms with Crippen molar-refractivity contribution in [1.29, 1.82) is 0 Å². The van der Waals surface area contributed by atoms with E-state index < -0.39 is 17.4 Å². The molecule has 0 saturated heterocycles. The number of esters is 2. The Morgan fingerprint density at radius 1 is 1.50 bits per heavy atom. The Morgan fingerprint density at radius 3 is 2.80 bits per heavy atom. The third kappa shape index (κ3) is 2.11. The highest BCUT2D eigenvalue weighted by Crippen LogP contribution is 2.41. The fraction of sp³-hybridized carbons (Fsp3) is 0.375. The number of carbonyl (C=O) groups is 2. The monoisotopic (exact) mass is 274 g/mol. The molecule has 1 aromatic rings. The van der Waals surface area contributed by atoms with Crippen molar-refractivity contribution in [3.05, 3.63) is 42.0 Å². The minimum Gasteiger partial charge on any atom is -0.460 e. The average molecular weight is 274 g/mol. The molecule has 4 nitrogen and oxygen atoms in total. The normalized spacial score (nSPS) is 20.5. The number of hydrogen-bond acceptors (Lipinski definition) is 4. The molecule has 0 spiro atoms. The zero-order valence-electron chi connectivity index (χ0n) is 11.9. The molecule has 1 aromatic carbocycles. The molecule has 0 unspecified atom stereocenters. The molecule has 0 N–H and O–H groups in total. The van der Waals surface area contributed by atoms with Gasteiger partial charge in [-0.25, -0.2) is 0 Å². The van der Waals surface area contributed by atoms with Crippen molar-refractivity contribution >= 4 is 11.9 Å². The molecule has 0 fully saturated rings. The lowest BCUT2D eigenvalue weighted by molar-refractivity contribution is -0.156. The van der Waals surface area contributed by atoms with Gasteiger partial charge in [-0.1, -0.05) is 38.6 Å². The van der Waals surface area contributed by atoms with Crippen molar-refractivity contribution in [1.82, 2.24) is 0 Å². The first-order valence-corrected chi connectivity index (χ1v) is 6.56. The third-order valence-electron chi connectivity index (χ3n) is 3.56. The summed E-state index contributed by atoms with van der Waals surface area (Å²) in [5.74, 6) is -0.446. The lowest BCUT2D eigenvalue weighted by atomic mass is 9.83. The SMILES string of the molecule is C=CCOC(=O)[C@@]1(C)C(=O)Oc2cc(C(C)C)ccc21. The van der Waals surface area contributed by atoms with Gasteiger partial charge in [0.05, 0.1) is 0 Å². The Hall–Kier alpha value is -2.10. The standard InChI is InChI=1S/C16H18O4/c1-5-8-19-14(17)16(4)12-7-6-11(10(2)3)9-13(12)20-15(16)18/h5-7,9-10H,1,8H2,2-4H3/t16-/m0/s1. The van der Waals surface area contributed by atoms with Gasteiger partial charge in [0.25, 0.3) is 0 Å². The molecule has 1 heterocycles.